The maximum absolute atomic E-state index is 13.3. The van der Waals surface area contributed by atoms with Crippen molar-refractivity contribution in [3.05, 3.63) is 99.1 Å². The molecule has 0 spiro atoms. The standard InChI is InChI=1S/C30H30ClNO6/c1-18-15-23(29(37-4)24(31)16-18)27(33)25-26(32(13-14-36-3)30(35)28(25)34)20-9-11-22(12-10-20)38-17-21-8-6-5-7-19(21)2/h5-12,15-16,26,33H,13-14,17H2,1-4H3/b27-25+. The van der Waals surface area contributed by atoms with Crippen molar-refractivity contribution < 1.29 is 28.9 Å². The number of Topliss-reactive ketones (excluding diaryl/α,β-unsaturated/α-hetero) is 1. The highest BCUT2D eigenvalue weighted by atomic mass is 35.5. The largest absolute Gasteiger partial charge is 0.507 e. The Labute approximate surface area is 227 Å². The van der Waals surface area contributed by atoms with Crippen LogP contribution in [0.4, 0.5) is 0 Å². The van der Waals surface area contributed by atoms with E-state index >= 15 is 0 Å². The van der Waals surface area contributed by atoms with Gasteiger partial charge in [0, 0.05) is 13.7 Å². The van der Waals surface area contributed by atoms with E-state index in [4.69, 9.17) is 25.8 Å². The molecule has 38 heavy (non-hydrogen) atoms. The van der Waals surface area contributed by atoms with Crippen molar-refractivity contribution in [2.24, 2.45) is 0 Å². The van der Waals surface area contributed by atoms with Crippen LogP contribution in [-0.2, 0) is 20.9 Å². The highest BCUT2D eigenvalue weighted by molar-refractivity contribution is 6.46. The topological polar surface area (TPSA) is 85.3 Å². The van der Waals surface area contributed by atoms with Crippen LogP contribution in [0.3, 0.4) is 0 Å². The average molecular weight is 536 g/mol. The van der Waals surface area contributed by atoms with Crippen molar-refractivity contribution in [1.82, 2.24) is 4.90 Å². The number of nitrogens with zero attached hydrogens (tertiary/aromatic N) is 1. The number of hydrogen-bond acceptors (Lipinski definition) is 6. The molecule has 3 aromatic carbocycles. The second-order valence-electron chi connectivity index (χ2n) is 9.10. The lowest BCUT2D eigenvalue weighted by Gasteiger charge is -2.25. The molecule has 8 heteroatoms. The van der Waals surface area contributed by atoms with E-state index in [1.807, 2.05) is 38.1 Å². The number of ketones is 1. The summed E-state index contributed by atoms with van der Waals surface area (Å²) in [6.07, 6.45) is 0. The summed E-state index contributed by atoms with van der Waals surface area (Å²) in [5.41, 5.74) is 3.82. The van der Waals surface area contributed by atoms with Crippen LogP contribution in [-0.4, -0.2) is 49.1 Å². The van der Waals surface area contributed by atoms with E-state index in [0.717, 1.165) is 16.7 Å². The zero-order valence-corrected chi connectivity index (χ0v) is 22.5. The molecule has 1 fully saturated rings. The molecule has 1 aliphatic heterocycles. The van der Waals surface area contributed by atoms with Gasteiger partial charge in [0.15, 0.2) is 0 Å². The van der Waals surface area contributed by atoms with E-state index in [2.05, 4.69) is 0 Å². The Bertz CT molecular complexity index is 1380. The number of ether oxygens (including phenoxy) is 3. The zero-order valence-electron chi connectivity index (χ0n) is 21.8. The van der Waals surface area contributed by atoms with Gasteiger partial charge in [0.1, 0.15) is 23.9 Å². The van der Waals surface area contributed by atoms with Crippen molar-refractivity contribution >= 4 is 29.1 Å². The lowest BCUT2D eigenvalue weighted by Crippen LogP contribution is -2.32. The first-order valence-electron chi connectivity index (χ1n) is 12.2. The van der Waals surface area contributed by atoms with Gasteiger partial charge in [-0.3, -0.25) is 9.59 Å². The highest BCUT2D eigenvalue weighted by Crippen LogP contribution is 2.42. The molecule has 0 bridgehead atoms. The molecule has 4 rings (SSSR count). The Morgan fingerprint density at radius 3 is 2.39 bits per heavy atom. The Morgan fingerprint density at radius 2 is 1.74 bits per heavy atom. The van der Waals surface area contributed by atoms with Crippen LogP contribution in [0, 0.1) is 13.8 Å². The van der Waals surface area contributed by atoms with Crippen LogP contribution in [0.15, 0.2) is 66.2 Å². The molecule has 7 nitrogen and oxygen atoms in total. The summed E-state index contributed by atoms with van der Waals surface area (Å²) >= 11 is 6.35. The van der Waals surface area contributed by atoms with Gasteiger partial charge in [-0.25, -0.2) is 0 Å². The number of carbonyl (C=O) groups is 2. The number of hydrogen-bond donors (Lipinski definition) is 1. The fourth-order valence-electron chi connectivity index (χ4n) is 4.58. The number of aliphatic hydroxyl groups excluding tert-OH is 1. The second-order valence-corrected chi connectivity index (χ2v) is 9.50. The monoisotopic (exact) mass is 535 g/mol. The maximum Gasteiger partial charge on any atom is 0.295 e. The summed E-state index contributed by atoms with van der Waals surface area (Å²) in [6.45, 7) is 4.64. The van der Waals surface area contributed by atoms with Crippen LogP contribution in [0.25, 0.3) is 5.76 Å². The molecule has 1 amide bonds. The van der Waals surface area contributed by atoms with E-state index in [1.54, 1.807) is 36.4 Å². The summed E-state index contributed by atoms with van der Waals surface area (Å²) in [5, 5.41) is 11.7. The number of amides is 1. The molecule has 1 atom stereocenters. The van der Waals surface area contributed by atoms with Crippen molar-refractivity contribution in [2.75, 3.05) is 27.4 Å². The van der Waals surface area contributed by atoms with Gasteiger partial charge in [0.05, 0.1) is 35.9 Å². The lowest BCUT2D eigenvalue weighted by atomic mass is 9.94. The molecule has 0 radical (unpaired) electrons. The van der Waals surface area contributed by atoms with Crippen molar-refractivity contribution in [3.8, 4) is 11.5 Å². The molecule has 0 aliphatic carbocycles. The van der Waals surface area contributed by atoms with Gasteiger partial charge >= 0.3 is 0 Å². The van der Waals surface area contributed by atoms with Crippen LogP contribution in [0.1, 0.15) is 33.9 Å². The molecule has 1 N–H and O–H groups in total. The number of halogens is 1. The predicted molar refractivity (Wildman–Crippen MR) is 146 cm³/mol. The van der Waals surface area contributed by atoms with Crippen molar-refractivity contribution in [2.45, 2.75) is 26.5 Å². The molecule has 0 saturated carbocycles. The van der Waals surface area contributed by atoms with E-state index in [9.17, 15) is 14.7 Å². The molecule has 3 aromatic rings. The second kappa shape index (κ2) is 11.7. The predicted octanol–water partition coefficient (Wildman–Crippen LogP) is 5.61. The lowest BCUT2D eigenvalue weighted by molar-refractivity contribution is -0.140. The van der Waals surface area contributed by atoms with E-state index in [0.29, 0.717) is 17.9 Å². The normalized spacial score (nSPS) is 16.7. The average Bonchev–Trinajstić information content (AvgIpc) is 3.16. The minimum absolute atomic E-state index is 0.0420. The Balaban J connectivity index is 1.74. The van der Waals surface area contributed by atoms with Crippen molar-refractivity contribution in [1.29, 1.82) is 0 Å². The molecule has 0 aromatic heterocycles. The third kappa shape index (κ3) is 5.39. The fraction of sp³-hybridized carbons (Fsp3) is 0.267. The van der Waals surface area contributed by atoms with E-state index < -0.39 is 17.7 Å². The summed E-state index contributed by atoms with van der Waals surface area (Å²) in [5.74, 6) is -1.00. The van der Waals surface area contributed by atoms with E-state index in [1.165, 1.54) is 19.1 Å². The third-order valence-electron chi connectivity index (χ3n) is 6.57. The molecular weight excluding hydrogens is 506 g/mol. The summed E-state index contributed by atoms with van der Waals surface area (Å²) in [4.78, 5) is 27.7. The van der Waals surface area contributed by atoms with Gasteiger partial charge < -0.3 is 24.2 Å². The first-order valence-corrected chi connectivity index (χ1v) is 12.5. The molecule has 1 unspecified atom stereocenters. The number of benzene rings is 3. The molecule has 1 saturated heterocycles. The summed E-state index contributed by atoms with van der Waals surface area (Å²) < 4.78 is 16.6. The zero-order chi connectivity index (χ0) is 27.4. The third-order valence-corrected chi connectivity index (χ3v) is 6.86. The SMILES string of the molecule is COCCN1C(=O)C(=O)/C(=C(/O)c2cc(C)cc(Cl)c2OC)C1c1ccc(OCc2ccccc2C)cc1. The molecular formula is C30H30ClNO6. The van der Waals surface area contributed by atoms with Gasteiger partial charge in [-0.2, -0.15) is 0 Å². The molecule has 198 valence electrons. The number of carbonyl (C=O) groups excluding carboxylic acids is 2. The number of methoxy groups -OCH3 is 2. The summed E-state index contributed by atoms with van der Waals surface area (Å²) in [7, 11) is 2.95. The van der Waals surface area contributed by atoms with Gasteiger partial charge in [-0.1, -0.05) is 48.0 Å². The van der Waals surface area contributed by atoms with Gasteiger partial charge in [-0.05, 0) is 60.4 Å². The minimum atomic E-state index is -0.834. The van der Waals surface area contributed by atoms with Crippen LogP contribution < -0.4 is 9.47 Å². The first kappa shape index (κ1) is 27.2. The minimum Gasteiger partial charge on any atom is -0.507 e. The fourth-order valence-corrected chi connectivity index (χ4v) is 4.93. The molecule has 1 heterocycles. The van der Waals surface area contributed by atoms with E-state index in [-0.39, 0.29) is 40.8 Å². The van der Waals surface area contributed by atoms with Gasteiger partial charge in [0.25, 0.3) is 11.7 Å². The quantitative estimate of drug-likeness (QED) is 0.218. The number of aryl methyl sites for hydroxylation is 2. The van der Waals surface area contributed by atoms with Crippen molar-refractivity contribution in [3.63, 3.8) is 0 Å². The van der Waals surface area contributed by atoms with Gasteiger partial charge in [0.2, 0.25) is 0 Å². The van der Waals surface area contributed by atoms with Crippen LogP contribution >= 0.6 is 11.6 Å². The highest BCUT2D eigenvalue weighted by Gasteiger charge is 2.46. The Kier molecular flexibility index (Phi) is 8.39. The first-order chi connectivity index (χ1) is 18.3. The number of rotatable bonds is 9. The molecule has 1 aliphatic rings. The Hall–Kier alpha value is -3.81. The number of likely N-dealkylation sites (tertiary alicyclic amines) is 1. The maximum atomic E-state index is 13.3. The van der Waals surface area contributed by atoms with Crippen LogP contribution in [0.5, 0.6) is 11.5 Å². The Morgan fingerprint density at radius 1 is 1.03 bits per heavy atom. The number of aliphatic hydroxyl groups is 1. The van der Waals surface area contributed by atoms with Crippen LogP contribution in [0.2, 0.25) is 5.02 Å². The summed E-state index contributed by atoms with van der Waals surface area (Å²) in [6, 6.07) is 17.7. The smallest absolute Gasteiger partial charge is 0.295 e. The van der Waals surface area contributed by atoms with Gasteiger partial charge in [-0.15, -0.1) is 0 Å².